The van der Waals surface area contributed by atoms with Crippen molar-refractivity contribution in [3.63, 3.8) is 0 Å². The van der Waals surface area contributed by atoms with E-state index in [4.69, 9.17) is 28.4 Å². The van der Waals surface area contributed by atoms with Gasteiger partial charge in [0.2, 0.25) is 12.7 Å². The first kappa shape index (κ1) is 23.0. The van der Waals surface area contributed by atoms with Gasteiger partial charge in [-0.15, -0.1) is 15.3 Å². The summed E-state index contributed by atoms with van der Waals surface area (Å²) in [4.78, 5) is 12.1. The summed E-state index contributed by atoms with van der Waals surface area (Å²) in [6, 6.07) is 14.0. The average molecular weight is 493 g/mol. The molecule has 1 N–H and O–H groups in total. The van der Waals surface area contributed by atoms with E-state index in [-0.39, 0.29) is 32.5 Å². The first-order valence-electron chi connectivity index (χ1n) is 11.0. The number of nitrogens with one attached hydrogen (secondary N) is 1. The van der Waals surface area contributed by atoms with Gasteiger partial charge in [0.1, 0.15) is 12.4 Å². The van der Waals surface area contributed by atoms with E-state index in [1.807, 2.05) is 6.07 Å². The van der Waals surface area contributed by atoms with Crippen LogP contribution < -0.4 is 33.7 Å². The van der Waals surface area contributed by atoms with E-state index < -0.39 is 0 Å². The molecule has 0 aliphatic carbocycles. The van der Waals surface area contributed by atoms with Gasteiger partial charge < -0.3 is 33.7 Å². The van der Waals surface area contributed by atoms with E-state index in [0.29, 0.717) is 46.1 Å². The van der Waals surface area contributed by atoms with Crippen LogP contribution in [0.15, 0.2) is 48.5 Å². The van der Waals surface area contributed by atoms with Crippen molar-refractivity contribution < 1.29 is 33.2 Å². The Morgan fingerprint density at radius 1 is 0.972 bits per heavy atom. The minimum absolute atomic E-state index is 0.140. The third-order valence-corrected chi connectivity index (χ3v) is 5.27. The normalized spacial score (nSPS) is 11.8. The molecule has 0 spiro atoms. The summed E-state index contributed by atoms with van der Waals surface area (Å²) in [6.07, 6.45) is 0. The van der Waals surface area contributed by atoms with Gasteiger partial charge >= 0.3 is 0 Å². The van der Waals surface area contributed by atoms with Crippen molar-refractivity contribution in [3.8, 4) is 46.0 Å². The van der Waals surface area contributed by atoms with Crippen LogP contribution in [-0.2, 0) is 4.79 Å². The lowest BCUT2D eigenvalue weighted by atomic mass is 10.2. The predicted molar refractivity (Wildman–Crippen MR) is 126 cm³/mol. The molecule has 186 valence electrons. The molecular formula is C24H23N5O7. The molecule has 2 aromatic carbocycles. The zero-order valence-electron chi connectivity index (χ0n) is 19.6. The molecule has 1 aliphatic heterocycles. The molecule has 2 aromatic heterocycles. The molecule has 0 bridgehead atoms. The van der Waals surface area contributed by atoms with E-state index in [2.05, 4.69) is 20.6 Å². The highest BCUT2D eigenvalue weighted by atomic mass is 16.7. The van der Waals surface area contributed by atoms with Crippen molar-refractivity contribution >= 4 is 11.6 Å². The smallest absolute Gasteiger partial charge is 0.258 e. The zero-order valence-corrected chi connectivity index (χ0v) is 19.6. The minimum Gasteiger partial charge on any atom is -0.493 e. The number of ether oxygens (including phenoxy) is 6. The molecule has 3 heterocycles. The molecule has 0 saturated heterocycles. The van der Waals surface area contributed by atoms with Gasteiger partial charge in [0.15, 0.2) is 41.1 Å². The number of fused-ring (bicyclic) bond motifs is 2. The lowest BCUT2D eigenvalue weighted by Crippen LogP contribution is -2.32. The summed E-state index contributed by atoms with van der Waals surface area (Å²) in [7, 11) is 3.14. The van der Waals surface area contributed by atoms with Crippen molar-refractivity contribution in [1.82, 2.24) is 25.1 Å². The fourth-order valence-electron chi connectivity index (χ4n) is 3.52. The van der Waals surface area contributed by atoms with Gasteiger partial charge in [0, 0.05) is 17.7 Å². The van der Waals surface area contributed by atoms with Crippen LogP contribution in [0.25, 0.3) is 17.0 Å². The number of hydrogen-bond acceptors (Lipinski definition) is 10. The first-order valence-corrected chi connectivity index (χ1v) is 11.0. The van der Waals surface area contributed by atoms with E-state index in [0.717, 1.165) is 5.56 Å². The fourth-order valence-corrected chi connectivity index (χ4v) is 3.52. The summed E-state index contributed by atoms with van der Waals surface area (Å²) in [6.45, 7) is 0.519. The van der Waals surface area contributed by atoms with E-state index in [1.54, 1.807) is 61.2 Å². The maximum Gasteiger partial charge on any atom is 0.258 e. The number of amides is 1. The van der Waals surface area contributed by atoms with Crippen LogP contribution in [0.4, 0.5) is 0 Å². The van der Waals surface area contributed by atoms with E-state index >= 15 is 0 Å². The van der Waals surface area contributed by atoms with Crippen LogP contribution in [-0.4, -0.2) is 66.5 Å². The Kier molecular flexibility index (Phi) is 6.56. The molecule has 5 rings (SSSR count). The molecule has 4 aromatic rings. The monoisotopic (exact) mass is 493 g/mol. The van der Waals surface area contributed by atoms with Crippen LogP contribution in [0.3, 0.4) is 0 Å². The summed E-state index contributed by atoms with van der Waals surface area (Å²) >= 11 is 0. The quantitative estimate of drug-likeness (QED) is 0.328. The Hall–Kier alpha value is -4.74. The summed E-state index contributed by atoms with van der Waals surface area (Å²) in [5.74, 6) is 3.52. The van der Waals surface area contributed by atoms with Gasteiger partial charge in [0.05, 0.1) is 20.8 Å². The molecule has 0 unspecified atom stereocenters. The van der Waals surface area contributed by atoms with Crippen LogP contribution >= 0.6 is 0 Å². The maximum atomic E-state index is 12.1. The van der Waals surface area contributed by atoms with Crippen molar-refractivity contribution in [2.24, 2.45) is 0 Å². The van der Waals surface area contributed by atoms with Crippen LogP contribution in [0.5, 0.6) is 34.6 Å². The Balaban J connectivity index is 1.15. The van der Waals surface area contributed by atoms with Gasteiger partial charge in [-0.05, 0) is 36.4 Å². The second kappa shape index (κ2) is 10.3. The maximum absolute atomic E-state index is 12.1. The number of methoxy groups -OCH3 is 2. The number of rotatable bonds is 10. The average Bonchev–Trinajstić information content (AvgIpc) is 3.56. The zero-order chi connectivity index (χ0) is 24.9. The highest BCUT2D eigenvalue weighted by molar-refractivity contribution is 5.77. The molecule has 12 heteroatoms. The van der Waals surface area contributed by atoms with Crippen molar-refractivity contribution in [3.05, 3.63) is 48.5 Å². The molecule has 0 radical (unpaired) electrons. The fraction of sp³-hybridized carbons (Fsp3) is 0.250. The number of hydrogen-bond donors (Lipinski definition) is 1. The number of nitrogens with zero attached hydrogens (tertiary/aromatic N) is 4. The van der Waals surface area contributed by atoms with Crippen molar-refractivity contribution in [1.29, 1.82) is 0 Å². The van der Waals surface area contributed by atoms with Gasteiger partial charge in [-0.3, -0.25) is 4.79 Å². The summed E-state index contributed by atoms with van der Waals surface area (Å²) in [5, 5.41) is 15.6. The molecule has 12 nitrogen and oxygen atoms in total. The number of carbonyl (C=O) groups is 1. The second-order valence-corrected chi connectivity index (χ2v) is 7.54. The number of carbonyl (C=O) groups excluding carboxylic acids is 1. The number of aromatic nitrogens is 4. The lowest BCUT2D eigenvalue weighted by molar-refractivity contribution is -0.123. The van der Waals surface area contributed by atoms with E-state index in [1.165, 1.54) is 0 Å². The summed E-state index contributed by atoms with van der Waals surface area (Å²) < 4.78 is 34.0. The highest BCUT2D eigenvalue weighted by Crippen LogP contribution is 2.35. The van der Waals surface area contributed by atoms with Gasteiger partial charge in [-0.25, -0.2) is 0 Å². The van der Waals surface area contributed by atoms with Crippen molar-refractivity contribution in [2.45, 2.75) is 0 Å². The Labute approximate surface area is 205 Å². The Morgan fingerprint density at radius 3 is 2.69 bits per heavy atom. The van der Waals surface area contributed by atoms with Crippen molar-refractivity contribution in [2.75, 3.05) is 40.8 Å². The Morgan fingerprint density at radius 2 is 1.83 bits per heavy atom. The SMILES string of the molecule is COc1ccc(-c2nnc3ccc(OCCNC(=O)COc4ccc5c(c4)OCO5)nn23)cc1OC. The predicted octanol–water partition coefficient (Wildman–Crippen LogP) is 2.11. The number of benzene rings is 2. The van der Waals surface area contributed by atoms with Gasteiger partial charge in [-0.1, -0.05) is 0 Å². The van der Waals surface area contributed by atoms with Crippen LogP contribution in [0.1, 0.15) is 0 Å². The van der Waals surface area contributed by atoms with Crippen LogP contribution in [0, 0.1) is 0 Å². The molecule has 0 saturated carbocycles. The third kappa shape index (κ3) is 4.87. The first-order chi connectivity index (χ1) is 17.6. The van der Waals surface area contributed by atoms with Gasteiger partial charge in [-0.2, -0.15) is 4.52 Å². The minimum atomic E-state index is -0.283. The molecule has 1 aliphatic rings. The second-order valence-electron chi connectivity index (χ2n) is 7.54. The standard InChI is InChI=1S/C24H23N5O7/c1-31-17-5-3-15(11-19(17)32-2)24-27-26-21-7-8-23(28-29(21)24)33-10-9-25-22(30)13-34-16-4-6-18-20(12-16)36-14-35-18/h3-8,11-12H,9-10,13-14H2,1-2H3,(H,25,30). The van der Waals surface area contributed by atoms with E-state index in [9.17, 15) is 4.79 Å². The molecule has 0 fully saturated rings. The molecule has 0 atom stereocenters. The molecular weight excluding hydrogens is 470 g/mol. The van der Waals surface area contributed by atoms with Gasteiger partial charge in [0.25, 0.3) is 5.91 Å². The van der Waals surface area contributed by atoms with Crippen LogP contribution in [0.2, 0.25) is 0 Å². The largest absolute Gasteiger partial charge is 0.493 e. The Bertz CT molecular complexity index is 1390. The molecule has 1 amide bonds. The third-order valence-electron chi connectivity index (χ3n) is 5.27. The summed E-state index contributed by atoms with van der Waals surface area (Å²) in [5.41, 5.74) is 1.31. The highest BCUT2D eigenvalue weighted by Gasteiger charge is 2.15. The topological polar surface area (TPSA) is 128 Å². The molecule has 36 heavy (non-hydrogen) atoms. The lowest BCUT2D eigenvalue weighted by Gasteiger charge is -2.10.